The average molecular weight is 239 g/mol. The van der Waals surface area contributed by atoms with Crippen LogP contribution in [0.2, 0.25) is 0 Å². The van der Waals surface area contributed by atoms with Crippen molar-refractivity contribution >= 4 is 11.3 Å². The molecule has 0 spiro atoms. The summed E-state index contributed by atoms with van der Waals surface area (Å²) in [5, 5.41) is 3.27. The Labute approximate surface area is 102 Å². The zero-order valence-corrected chi connectivity index (χ0v) is 10.9. The smallest absolute Gasteiger partial charge is 0.109 e. The topological polar surface area (TPSA) is 42.2 Å². The van der Waals surface area contributed by atoms with Crippen LogP contribution < -0.4 is 5.73 Å². The second-order valence-corrected chi connectivity index (χ2v) is 5.71. The minimum atomic E-state index is 0.430. The monoisotopic (exact) mass is 239 g/mol. The normalized spacial score (nSPS) is 28.2. The number of hydrogen-bond donors (Lipinski definition) is 1. The highest BCUT2D eigenvalue weighted by Gasteiger charge is 2.26. The van der Waals surface area contributed by atoms with E-state index < -0.39 is 0 Å². The summed E-state index contributed by atoms with van der Waals surface area (Å²) in [5.74, 6) is 0. The van der Waals surface area contributed by atoms with Gasteiger partial charge < -0.3 is 5.73 Å². The summed E-state index contributed by atoms with van der Waals surface area (Å²) in [6, 6.07) is 1.54. The molecule has 90 valence electrons. The molecule has 0 aliphatic heterocycles. The van der Waals surface area contributed by atoms with Crippen LogP contribution in [-0.4, -0.2) is 29.0 Å². The zero-order chi connectivity index (χ0) is 11.5. The van der Waals surface area contributed by atoms with E-state index in [0.717, 1.165) is 0 Å². The second kappa shape index (κ2) is 5.25. The predicted octanol–water partition coefficient (Wildman–Crippen LogP) is 2.41. The lowest BCUT2D eigenvalue weighted by molar-refractivity contribution is 0.140. The van der Waals surface area contributed by atoms with Crippen LogP contribution >= 0.6 is 11.3 Å². The molecule has 3 nitrogen and oxygen atoms in total. The number of nitrogens with zero attached hydrogens (tertiary/aromatic N) is 2. The maximum Gasteiger partial charge on any atom is 0.109 e. The molecular formula is C12H21N3S. The van der Waals surface area contributed by atoms with E-state index in [0.29, 0.717) is 18.1 Å². The van der Waals surface area contributed by atoms with Crippen LogP contribution in [0.4, 0.5) is 0 Å². The third-order valence-corrected chi connectivity index (χ3v) is 4.68. The van der Waals surface area contributed by atoms with Crippen molar-refractivity contribution in [2.24, 2.45) is 5.73 Å². The molecule has 16 heavy (non-hydrogen) atoms. The minimum Gasteiger partial charge on any atom is -0.328 e. The van der Waals surface area contributed by atoms with Gasteiger partial charge in [0.05, 0.1) is 6.04 Å². The van der Waals surface area contributed by atoms with Crippen molar-refractivity contribution < 1.29 is 0 Å². The van der Waals surface area contributed by atoms with E-state index in [-0.39, 0.29) is 0 Å². The fourth-order valence-corrected chi connectivity index (χ4v) is 3.19. The summed E-state index contributed by atoms with van der Waals surface area (Å²) in [5.41, 5.74) is 5.94. The van der Waals surface area contributed by atoms with E-state index in [1.54, 1.807) is 11.3 Å². The quantitative estimate of drug-likeness (QED) is 0.880. The fourth-order valence-electron chi connectivity index (χ4n) is 2.44. The molecule has 4 heteroatoms. The van der Waals surface area contributed by atoms with Gasteiger partial charge in [0.25, 0.3) is 0 Å². The van der Waals surface area contributed by atoms with Gasteiger partial charge in [0.15, 0.2) is 0 Å². The van der Waals surface area contributed by atoms with Crippen molar-refractivity contribution in [3.05, 3.63) is 16.6 Å². The standard InChI is InChI=1S/C12H21N3S/c1-9(12-14-7-8-16-12)15(2)11-5-3-10(13)4-6-11/h7-11H,3-6,13H2,1-2H3. The molecule has 1 aromatic rings. The molecule has 1 fully saturated rings. The van der Waals surface area contributed by atoms with Crippen LogP contribution in [-0.2, 0) is 0 Å². The van der Waals surface area contributed by atoms with Gasteiger partial charge in [-0.3, -0.25) is 4.90 Å². The van der Waals surface area contributed by atoms with Gasteiger partial charge in [0.2, 0.25) is 0 Å². The van der Waals surface area contributed by atoms with Gasteiger partial charge in [0.1, 0.15) is 5.01 Å². The van der Waals surface area contributed by atoms with E-state index in [9.17, 15) is 0 Å². The molecular weight excluding hydrogens is 218 g/mol. The van der Waals surface area contributed by atoms with Crippen molar-refractivity contribution in [3.8, 4) is 0 Å². The van der Waals surface area contributed by atoms with Crippen LogP contribution in [0, 0.1) is 0 Å². The lowest BCUT2D eigenvalue weighted by Gasteiger charge is -2.36. The molecule has 0 aromatic carbocycles. The maximum absolute atomic E-state index is 5.94. The Balaban J connectivity index is 1.94. The number of aromatic nitrogens is 1. The van der Waals surface area contributed by atoms with Crippen molar-refractivity contribution in [3.63, 3.8) is 0 Å². The lowest BCUT2D eigenvalue weighted by Crippen LogP contribution is -2.39. The third-order valence-electron chi connectivity index (χ3n) is 3.74. The highest BCUT2D eigenvalue weighted by molar-refractivity contribution is 7.09. The Hall–Kier alpha value is -0.450. The average Bonchev–Trinajstić information content (AvgIpc) is 2.81. The van der Waals surface area contributed by atoms with Gasteiger partial charge in [-0.1, -0.05) is 0 Å². The van der Waals surface area contributed by atoms with E-state index in [4.69, 9.17) is 5.73 Å². The van der Waals surface area contributed by atoms with E-state index in [1.165, 1.54) is 30.7 Å². The summed E-state index contributed by atoms with van der Waals surface area (Å²) in [6.07, 6.45) is 6.68. The molecule has 1 atom stereocenters. The molecule has 1 saturated carbocycles. The zero-order valence-electron chi connectivity index (χ0n) is 10.1. The minimum absolute atomic E-state index is 0.430. The molecule has 1 aliphatic carbocycles. The van der Waals surface area contributed by atoms with Crippen LogP contribution in [0.25, 0.3) is 0 Å². The first-order chi connectivity index (χ1) is 7.68. The van der Waals surface area contributed by atoms with E-state index in [2.05, 4.69) is 29.2 Å². The number of nitrogens with two attached hydrogens (primary N) is 1. The molecule has 0 bridgehead atoms. The molecule has 2 N–H and O–H groups in total. The van der Waals surface area contributed by atoms with Crippen LogP contribution in [0.15, 0.2) is 11.6 Å². The Morgan fingerprint density at radius 2 is 2.12 bits per heavy atom. The number of hydrogen-bond acceptors (Lipinski definition) is 4. The Kier molecular flexibility index (Phi) is 3.95. The van der Waals surface area contributed by atoms with Crippen molar-refractivity contribution in [1.82, 2.24) is 9.88 Å². The van der Waals surface area contributed by atoms with Crippen molar-refractivity contribution in [1.29, 1.82) is 0 Å². The van der Waals surface area contributed by atoms with Crippen molar-refractivity contribution in [2.75, 3.05) is 7.05 Å². The van der Waals surface area contributed by atoms with Gasteiger partial charge >= 0.3 is 0 Å². The molecule has 0 amide bonds. The Bertz CT molecular complexity index is 304. The van der Waals surface area contributed by atoms with Gasteiger partial charge in [-0.25, -0.2) is 4.98 Å². The number of thiazole rings is 1. The number of rotatable bonds is 3. The molecule has 1 heterocycles. The summed E-state index contributed by atoms with van der Waals surface area (Å²) >= 11 is 1.75. The first-order valence-corrected chi connectivity index (χ1v) is 6.93. The largest absolute Gasteiger partial charge is 0.328 e. The van der Waals surface area contributed by atoms with E-state index in [1.807, 2.05) is 6.20 Å². The van der Waals surface area contributed by atoms with Gasteiger partial charge in [-0.2, -0.15) is 0 Å². The summed E-state index contributed by atoms with van der Waals surface area (Å²) in [4.78, 5) is 6.86. The fraction of sp³-hybridized carbons (Fsp3) is 0.750. The molecule has 0 radical (unpaired) electrons. The maximum atomic E-state index is 5.94. The third kappa shape index (κ3) is 2.62. The lowest BCUT2D eigenvalue weighted by atomic mass is 9.90. The van der Waals surface area contributed by atoms with Gasteiger partial charge in [-0.05, 0) is 39.7 Å². The summed E-state index contributed by atoms with van der Waals surface area (Å²) in [7, 11) is 2.22. The summed E-state index contributed by atoms with van der Waals surface area (Å²) < 4.78 is 0. The molecule has 0 saturated heterocycles. The summed E-state index contributed by atoms with van der Waals surface area (Å²) in [6.45, 7) is 2.24. The van der Waals surface area contributed by atoms with Crippen LogP contribution in [0.1, 0.15) is 43.7 Å². The second-order valence-electron chi connectivity index (χ2n) is 4.78. The molecule has 1 aliphatic rings. The van der Waals surface area contributed by atoms with Crippen LogP contribution in [0.3, 0.4) is 0 Å². The first kappa shape index (κ1) is 12.0. The SMILES string of the molecule is CC(c1nccs1)N(C)C1CCC(N)CC1. The first-order valence-electron chi connectivity index (χ1n) is 6.05. The predicted molar refractivity (Wildman–Crippen MR) is 68.5 cm³/mol. The highest BCUT2D eigenvalue weighted by Crippen LogP contribution is 2.28. The van der Waals surface area contributed by atoms with Gasteiger partial charge in [-0.15, -0.1) is 11.3 Å². The molecule has 1 unspecified atom stereocenters. The Morgan fingerprint density at radius 1 is 1.44 bits per heavy atom. The van der Waals surface area contributed by atoms with Crippen molar-refractivity contribution in [2.45, 2.75) is 50.7 Å². The van der Waals surface area contributed by atoms with E-state index >= 15 is 0 Å². The molecule has 2 rings (SSSR count). The highest BCUT2D eigenvalue weighted by atomic mass is 32.1. The van der Waals surface area contributed by atoms with Gasteiger partial charge in [0, 0.05) is 23.7 Å². The van der Waals surface area contributed by atoms with Crippen LogP contribution in [0.5, 0.6) is 0 Å². The Morgan fingerprint density at radius 3 is 2.69 bits per heavy atom. The molecule has 1 aromatic heterocycles.